The number of hydrogen-bond donors (Lipinski definition) is 3. The number of ether oxygens (including phenoxy) is 1. The minimum Gasteiger partial charge on any atom is -0.481 e. The smallest absolute Gasteiger partial charge is 0.305 e. The molecule has 2 atom stereocenters. The average Bonchev–Trinajstić information content (AvgIpc) is 3.21. The molecule has 0 aliphatic heterocycles. The number of aryl methyl sites for hydroxylation is 2. The van der Waals surface area contributed by atoms with E-state index in [2.05, 4.69) is 10.4 Å². The molecule has 0 aliphatic carbocycles. The fourth-order valence-corrected chi connectivity index (χ4v) is 3.62. The van der Waals surface area contributed by atoms with E-state index < -0.39 is 29.3 Å². The lowest BCUT2D eigenvalue weighted by molar-refractivity contribution is -0.137. The van der Waals surface area contributed by atoms with E-state index in [1.165, 1.54) is 24.3 Å². The number of aromatic nitrogens is 2. The summed E-state index contributed by atoms with van der Waals surface area (Å²) in [5.74, 6) is -2.35. The molecule has 3 N–H and O–H groups in total. The Hall–Kier alpha value is -3.72. The second kappa shape index (κ2) is 10.9. The number of carbonyl (C=O) groups is 2. The quantitative estimate of drug-likeness (QED) is 0.384. The normalized spacial score (nSPS) is 13.8. The first kappa shape index (κ1) is 26.9. The van der Waals surface area contributed by atoms with Gasteiger partial charge in [0.2, 0.25) is 5.88 Å². The van der Waals surface area contributed by atoms with E-state index in [4.69, 9.17) is 4.74 Å². The molecule has 3 aromatic rings. The number of nitrogens with one attached hydrogen (secondary N) is 1. The molecule has 0 saturated carbocycles. The summed E-state index contributed by atoms with van der Waals surface area (Å²) >= 11 is 0. The summed E-state index contributed by atoms with van der Waals surface area (Å²) in [5, 5.41) is 27.0. The highest BCUT2D eigenvalue weighted by molar-refractivity contribution is 5.93. The largest absolute Gasteiger partial charge is 0.481 e. The lowest BCUT2D eigenvalue weighted by Gasteiger charge is -2.27. The van der Waals surface area contributed by atoms with Gasteiger partial charge in [0.1, 0.15) is 18.1 Å². The van der Waals surface area contributed by atoms with Crippen LogP contribution < -0.4 is 10.1 Å². The molecule has 1 amide bonds. The number of rotatable bonds is 10. The first-order valence-corrected chi connectivity index (χ1v) is 11.7. The molecule has 1 aromatic heterocycles. The number of carboxylic acids is 1. The third kappa shape index (κ3) is 6.28. The summed E-state index contributed by atoms with van der Waals surface area (Å²) < 4.78 is 21.5. The number of carboxylic acid groups (broad SMARTS) is 1. The Balaban J connectivity index is 1.96. The second-order valence-electron chi connectivity index (χ2n) is 9.52. The van der Waals surface area contributed by atoms with Crippen LogP contribution in [-0.4, -0.2) is 44.1 Å². The average molecular weight is 498 g/mol. The Kier molecular flexibility index (Phi) is 8.14. The lowest BCUT2D eigenvalue weighted by atomic mass is 9.94. The molecule has 0 radical (unpaired) electrons. The Morgan fingerprint density at radius 1 is 1.17 bits per heavy atom. The van der Waals surface area contributed by atoms with Crippen molar-refractivity contribution in [2.45, 2.75) is 52.7 Å². The monoisotopic (exact) mass is 497 g/mol. The third-order valence-electron chi connectivity index (χ3n) is 6.23. The summed E-state index contributed by atoms with van der Waals surface area (Å²) in [6.45, 7) is 8.96. The molecule has 0 saturated heterocycles. The fourth-order valence-electron chi connectivity index (χ4n) is 3.62. The van der Waals surface area contributed by atoms with Crippen molar-refractivity contribution < 1.29 is 28.9 Å². The highest BCUT2D eigenvalue weighted by Gasteiger charge is 2.28. The van der Waals surface area contributed by atoms with Crippen molar-refractivity contribution in [2.24, 2.45) is 5.92 Å². The van der Waals surface area contributed by atoms with Gasteiger partial charge in [-0.15, -0.1) is 0 Å². The number of halogens is 1. The minimum absolute atomic E-state index is 0.0622. The van der Waals surface area contributed by atoms with Gasteiger partial charge in [0, 0.05) is 6.07 Å². The molecule has 0 spiro atoms. The van der Waals surface area contributed by atoms with Gasteiger partial charge in [-0.3, -0.25) is 9.59 Å². The van der Waals surface area contributed by atoms with Crippen molar-refractivity contribution in [3.8, 4) is 11.6 Å². The Morgan fingerprint density at radius 2 is 1.86 bits per heavy atom. The third-order valence-corrected chi connectivity index (χ3v) is 6.23. The molecular formula is C27H32FN3O5. The van der Waals surface area contributed by atoms with Crippen molar-refractivity contribution >= 4 is 11.9 Å². The van der Waals surface area contributed by atoms with Crippen LogP contribution in [0, 0.1) is 25.6 Å². The van der Waals surface area contributed by atoms with Crippen molar-refractivity contribution in [3.63, 3.8) is 0 Å². The summed E-state index contributed by atoms with van der Waals surface area (Å²) in [5.41, 5.74) is 1.33. The molecule has 192 valence electrons. The highest BCUT2D eigenvalue weighted by Crippen LogP contribution is 2.26. The molecule has 3 rings (SSSR count). The van der Waals surface area contributed by atoms with Gasteiger partial charge in [0.15, 0.2) is 5.69 Å². The maximum Gasteiger partial charge on any atom is 0.305 e. The molecule has 8 nitrogen and oxygen atoms in total. The fraction of sp³-hybridized carbons (Fsp3) is 0.370. The van der Waals surface area contributed by atoms with Gasteiger partial charge in [-0.05, 0) is 49.9 Å². The summed E-state index contributed by atoms with van der Waals surface area (Å²) in [7, 11) is 0. The van der Waals surface area contributed by atoms with Crippen molar-refractivity contribution in [1.29, 1.82) is 0 Å². The molecule has 9 heteroatoms. The summed E-state index contributed by atoms with van der Waals surface area (Å²) in [6.07, 6.45) is -0.329. The number of aliphatic carboxylic acids is 1. The van der Waals surface area contributed by atoms with Crippen LogP contribution in [0.15, 0.2) is 48.5 Å². The van der Waals surface area contributed by atoms with Crippen LogP contribution in [0.4, 0.5) is 4.39 Å². The van der Waals surface area contributed by atoms with Gasteiger partial charge >= 0.3 is 5.97 Å². The number of para-hydroxylation sites is 1. The lowest BCUT2D eigenvalue weighted by Crippen LogP contribution is -2.38. The zero-order valence-corrected chi connectivity index (χ0v) is 21.1. The van der Waals surface area contributed by atoms with Gasteiger partial charge in [-0.1, -0.05) is 49.7 Å². The van der Waals surface area contributed by atoms with E-state index >= 15 is 0 Å². The van der Waals surface area contributed by atoms with E-state index in [0.29, 0.717) is 5.56 Å². The molecule has 1 heterocycles. The molecule has 0 unspecified atom stereocenters. The standard InChI is InChI=1S/C27H32FN3O5/c1-16(2)27(5,35)15-36-24-13-22(30-31(24)23-9-7-6-8-20(23)28)26(34)29-21(14-25(32)33)19-11-10-17(3)12-18(19)4/h6-13,16,21,35H,14-15H2,1-5H3,(H,29,34)(H,32,33)/t21-,27-/m0/s1. The SMILES string of the molecule is Cc1ccc([C@H](CC(=O)O)NC(=O)c2cc(OC[C@](C)(O)C(C)C)n(-c3ccccc3F)n2)c(C)c1. The van der Waals surface area contributed by atoms with Crippen LogP contribution in [0.2, 0.25) is 0 Å². The van der Waals surface area contributed by atoms with E-state index in [9.17, 15) is 24.2 Å². The zero-order chi connectivity index (χ0) is 26.6. The topological polar surface area (TPSA) is 114 Å². The van der Waals surface area contributed by atoms with E-state index in [0.717, 1.165) is 15.8 Å². The molecule has 2 aromatic carbocycles. The number of aliphatic hydroxyl groups is 1. The second-order valence-corrected chi connectivity index (χ2v) is 9.52. The van der Waals surface area contributed by atoms with Gasteiger partial charge < -0.3 is 20.3 Å². The molecular weight excluding hydrogens is 465 g/mol. The number of amides is 1. The maximum absolute atomic E-state index is 14.6. The highest BCUT2D eigenvalue weighted by atomic mass is 19.1. The van der Waals surface area contributed by atoms with Gasteiger partial charge in [0.05, 0.1) is 18.1 Å². The van der Waals surface area contributed by atoms with E-state index in [1.54, 1.807) is 19.1 Å². The van der Waals surface area contributed by atoms with Crippen LogP contribution in [-0.2, 0) is 4.79 Å². The summed E-state index contributed by atoms with van der Waals surface area (Å²) in [6, 6.07) is 12.0. The number of carbonyl (C=O) groups excluding carboxylic acids is 1. The first-order valence-electron chi connectivity index (χ1n) is 11.7. The molecule has 36 heavy (non-hydrogen) atoms. The van der Waals surface area contributed by atoms with E-state index in [1.807, 2.05) is 39.8 Å². The molecule has 0 bridgehead atoms. The Labute approximate surface area is 209 Å². The van der Waals surface area contributed by atoms with Crippen LogP contribution in [0.3, 0.4) is 0 Å². The molecule has 0 aliphatic rings. The van der Waals surface area contributed by atoms with Gasteiger partial charge in [-0.2, -0.15) is 9.78 Å². The van der Waals surface area contributed by atoms with Gasteiger partial charge in [-0.25, -0.2) is 4.39 Å². The van der Waals surface area contributed by atoms with Crippen LogP contribution >= 0.6 is 0 Å². The number of benzene rings is 2. The molecule has 0 fully saturated rings. The number of hydrogen-bond acceptors (Lipinski definition) is 5. The maximum atomic E-state index is 14.6. The van der Waals surface area contributed by atoms with Crippen molar-refractivity contribution in [3.05, 3.63) is 76.7 Å². The summed E-state index contributed by atoms with van der Waals surface area (Å²) in [4.78, 5) is 24.7. The van der Waals surface area contributed by atoms with Crippen LogP contribution in [0.5, 0.6) is 5.88 Å². The number of nitrogens with zero attached hydrogens (tertiary/aromatic N) is 2. The van der Waals surface area contributed by atoms with Crippen molar-refractivity contribution in [1.82, 2.24) is 15.1 Å². The predicted octanol–water partition coefficient (Wildman–Crippen LogP) is 4.36. The van der Waals surface area contributed by atoms with E-state index in [-0.39, 0.29) is 36.2 Å². The predicted molar refractivity (Wildman–Crippen MR) is 133 cm³/mol. The van der Waals surface area contributed by atoms with Crippen LogP contribution in [0.1, 0.15) is 60.4 Å². The van der Waals surface area contributed by atoms with Gasteiger partial charge in [0.25, 0.3) is 5.91 Å². The van der Waals surface area contributed by atoms with Crippen LogP contribution in [0.25, 0.3) is 5.69 Å². The minimum atomic E-state index is -1.18. The Morgan fingerprint density at radius 3 is 2.47 bits per heavy atom. The first-order chi connectivity index (χ1) is 16.9. The Bertz CT molecular complexity index is 1250. The van der Waals surface area contributed by atoms with Crippen molar-refractivity contribution in [2.75, 3.05) is 6.61 Å². The zero-order valence-electron chi connectivity index (χ0n) is 21.1.